The fraction of sp³-hybridized carbons (Fsp3) is 0.250. The van der Waals surface area contributed by atoms with Gasteiger partial charge in [0.15, 0.2) is 0 Å². The third-order valence-corrected chi connectivity index (χ3v) is 2.91. The molecule has 1 aromatic heterocycles. The molecule has 0 atom stereocenters. The Kier molecular flexibility index (Phi) is 5.29. The molecular weight excluding hydrogens is 264 g/mol. The molecule has 1 heterocycles. The van der Waals surface area contributed by atoms with E-state index in [0.29, 0.717) is 12.1 Å². The third-order valence-electron chi connectivity index (χ3n) is 2.91. The van der Waals surface area contributed by atoms with E-state index in [4.69, 9.17) is 0 Å². The minimum atomic E-state index is -0.110. The molecule has 5 heteroatoms. The van der Waals surface area contributed by atoms with Crippen LogP contribution in [0.25, 0.3) is 0 Å². The van der Waals surface area contributed by atoms with Gasteiger partial charge in [-0.15, -0.1) is 0 Å². The van der Waals surface area contributed by atoms with Crippen LogP contribution in [-0.2, 0) is 0 Å². The van der Waals surface area contributed by atoms with Crippen LogP contribution in [0.4, 0.5) is 11.4 Å². The molecule has 0 aliphatic rings. The van der Waals surface area contributed by atoms with Crippen LogP contribution in [0.15, 0.2) is 48.8 Å². The Balaban J connectivity index is 1.98. The normalized spacial score (nSPS) is 10.4. The van der Waals surface area contributed by atoms with Gasteiger partial charge < -0.3 is 15.5 Å². The van der Waals surface area contributed by atoms with Crippen molar-refractivity contribution in [1.82, 2.24) is 15.2 Å². The number of carbonyl (C=O) groups excluding carboxylic acids is 1. The number of nitrogens with one attached hydrogen (secondary N) is 2. The number of anilines is 2. The minimum absolute atomic E-state index is 0.110. The van der Waals surface area contributed by atoms with Crippen LogP contribution in [0, 0.1) is 0 Å². The summed E-state index contributed by atoms with van der Waals surface area (Å²) in [5.74, 6) is -0.110. The third kappa shape index (κ3) is 4.89. The second-order valence-corrected chi connectivity index (χ2v) is 5.01. The van der Waals surface area contributed by atoms with Gasteiger partial charge in [0.25, 0.3) is 5.91 Å². The molecule has 0 radical (unpaired) electrons. The molecule has 2 aromatic rings. The lowest BCUT2D eigenvalue weighted by Gasteiger charge is -2.11. The smallest absolute Gasteiger partial charge is 0.252 e. The fourth-order valence-electron chi connectivity index (χ4n) is 1.82. The maximum Gasteiger partial charge on any atom is 0.252 e. The number of amides is 1. The van der Waals surface area contributed by atoms with Gasteiger partial charge in [0.2, 0.25) is 0 Å². The highest BCUT2D eigenvalue weighted by atomic mass is 16.1. The zero-order valence-electron chi connectivity index (χ0n) is 12.3. The molecule has 5 nitrogen and oxygen atoms in total. The van der Waals surface area contributed by atoms with Gasteiger partial charge in [0.1, 0.15) is 0 Å². The average molecular weight is 284 g/mol. The van der Waals surface area contributed by atoms with Crippen LogP contribution in [0.3, 0.4) is 0 Å². The number of aromatic nitrogens is 1. The van der Waals surface area contributed by atoms with Crippen LogP contribution >= 0.6 is 0 Å². The number of rotatable bonds is 6. The molecule has 0 saturated heterocycles. The lowest BCUT2D eigenvalue weighted by molar-refractivity contribution is 0.0950. The maximum absolute atomic E-state index is 12.0. The fourth-order valence-corrected chi connectivity index (χ4v) is 1.82. The summed E-state index contributed by atoms with van der Waals surface area (Å²) < 4.78 is 0. The molecule has 0 spiro atoms. The molecular formula is C16H20N4O. The number of nitrogens with zero attached hydrogens (tertiary/aromatic N) is 2. The van der Waals surface area contributed by atoms with E-state index in [0.717, 1.165) is 17.9 Å². The molecule has 0 aliphatic carbocycles. The number of pyridine rings is 1. The summed E-state index contributed by atoms with van der Waals surface area (Å²) in [6.07, 6.45) is 3.27. The highest BCUT2D eigenvalue weighted by Gasteiger charge is 2.06. The highest BCUT2D eigenvalue weighted by Crippen LogP contribution is 2.15. The number of para-hydroxylation sites is 1. The first-order chi connectivity index (χ1) is 10.1. The molecule has 1 amide bonds. The van der Waals surface area contributed by atoms with Crippen molar-refractivity contribution in [3.05, 3.63) is 54.4 Å². The molecule has 2 N–H and O–H groups in total. The number of likely N-dealkylation sites (N-methyl/N-ethyl adjacent to an activating group) is 1. The van der Waals surface area contributed by atoms with Crippen molar-refractivity contribution < 1.29 is 4.79 Å². The van der Waals surface area contributed by atoms with Crippen molar-refractivity contribution in [3.8, 4) is 0 Å². The van der Waals surface area contributed by atoms with E-state index in [2.05, 4.69) is 15.6 Å². The van der Waals surface area contributed by atoms with E-state index in [1.54, 1.807) is 18.5 Å². The Hall–Kier alpha value is -2.40. The van der Waals surface area contributed by atoms with Crippen molar-refractivity contribution in [3.63, 3.8) is 0 Å². The Bertz CT molecular complexity index is 584. The second kappa shape index (κ2) is 7.40. The summed E-state index contributed by atoms with van der Waals surface area (Å²) >= 11 is 0. The lowest BCUT2D eigenvalue weighted by Crippen LogP contribution is -2.31. The van der Waals surface area contributed by atoms with Gasteiger partial charge in [-0.2, -0.15) is 0 Å². The van der Waals surface area contributed by atoms with Gasteiger partial charge in [-0.25, -0.2) is 0 Å². The standard InChI is InChI=1S/C16H20N4O/c1-20(2)9-8-18-16(21)13-10-15(12-17-11-13)19-14-6-4-3-5-7-14/h3-7,10-12,19H,8-9H2,1-2H3,(H,18,21). The molecule has 1 aromatic carbocycles. The van der Waals surface area contributed by atoms with E-state index >= 15 is 0 Å². The summed E-state index contributed by atoms with van der Waals surface area (Å²) in [5.41, 5.74) is 2.31. The first kappa shape index (κ1) is 15.0. The number of hydrogen-bond donors (Lipinski definition) is 2. The predicted molar refractivity (Wildman–Crippen MR) is 84.8 cm³/mol. The topological polar surface area (TPSA) is 57.3 Å². The van der Waals surface area contributed by atoms with E-state index in [1.807, 2.05) is 49.3 Å². The van der Waals surface area contributed by atoms with Gasteiger partial charge in [-0.3, -0.25) is 9.78 Å². The predicted octanol–water partition coefficient (Wildman–Crippen LogP) is 2.12. The summed E-state index contributed by atoms with van der Waals surface area (Å²) in [6, 6.07) is 11.6. The van der Waals surface area contributed by atoms with Crippen LogP contribution in [0.1, 0.15) is 10.4 Å². The average Bonchev–Trinajstić information content (AvgIpc) is 2.48. The van der Waals surface area contributed by atoms with Crippen molar-refractivity contribution in [1.29, 1.82) is 0 Å². The zero-order valence-corrected chi connectivity index (χ0v) is 12.3. The van der Waals surface area contributed by atoms with Crippen molar-refractivity contribution in [2.45, 2.75) is 0 Å². The number of benzene rings is 1. The SMILES string of the molecule is CN(C)CCNC(=O)c1cncc(Nc2ccccc2)c1. The highest BCUT2D eigenvalue weighted by molar-refractivity contribution is 5.94. The van der Waals surface area contributed by atoms with Crippen molar-refractivity contribution in [2.75, 3.05) is 32.5 Å². The molecule has 110 valence electrons. The summed E-state index contributed by atoms with van der Waals surface area (Å²) in [6.45, 7) is 1.42. The molecule has 0 aliphatic heterocycles. The van der Waals surface area contributed by atoms with Gasteiger partial charge in [0, 0.05) is 25.0 Å². The van der Waals surface area contributed by atoms with Crippen molar-refractivity contribution in [2.24, 2.45) is 0 Å². The van der Waals surface area contributed by atoms with E-state index in [-0.39, 0.29) is 5.91 Å². The molecule has 2 rings (SSSR count). The van der Waals surface area contributed by atoms with E-state index < -0.39 is 0 Å². The zero-order chi connectivity index (χ0) is 15.1. The first-order valence-corrected chi connectivity index (χ1v) is 6.85. The van der Waals surface area contributed by atoms with Crippen LogP contribution in [-0.4, -0.2) is 43.0 Å². The van der Waals surface area contributed by atoms with Gasteiger partial charge >= 0.3 is 0 Å². The van der Waals surface area contributed by atoms with Crippen LogP contribution < -0.4 is 10.6 Å². The Morgan fingerprint density at radius 3 is 2.62 bits per heavy atom. The van der Waals surface area contributed by atoms with Gasteiger partial charge in [-0.05, 0) is 32.3 Å². The minimum Gasteiger partial charge on any atom is -0.354 e. The number of carbonyl (C=O) groups is 1. The monoisotopic (exact) mass is 284 g/mol. The lowest BCUT2D eigenvalue weighted by atomic mass is 10.2. The summed E-state index contributed by atoms with van der Waals surface area (Å²) in [7, 11) is 3.94. The van der Waals surface area contributed by atoms with Crippen LogP contribution in [0.2, 0.25) is 0 Å². The maximum atomic E-state index is 12.0. The molecule has 0 unspecified atom stereocenters. The first-order valence-electron chi connectivity index (χ1n) is 6.85. The Labute approximate surface area is 125 Å². The Morgan fingerprint density at radius 1 is 1.14 bits per heavy atom. The molecule has 0 bridgehead atoms. The summed E-state index contributed by atoms with van der Waals surface area (Å²) in [4.78, 5) is 18.2. The molecule has 0 saturated carbocycles. The van der Waals surface area contributed by atoms with E-state index in [1.165, 1.54) is 0 Å². The van der Waals surface area contributed by atoms with Gasteiger partial charge in [0.05, 0.1) is 17.4 Å². The Morgan fingerprint density at radius 2 is 1.90 bits per heavy atom. The van der Waals surface area contributed by atoms with Gasteiger partial charge in [-0.1, -0.05) is 18.2 Å². The molecule has 0 fully saturated rings. The van der Waals surface area contributed by atoms with E-state index in [9.17, 15) is 4.79 Å². The van der Waals surface area contributed by atoms with Crippen LogP contribution in [0.5, 0.6) is 0 Å². The quantitative estimate of drug-likeness (QED) is 0.853. The summed E-state index contributed by atoms with van der Waals surface area (Å²) in [5, 5.41) is 6.10. The second-order valence-electron chi connectivity index (χ2n) is 5.01. The largest absolute Gasteiger partial charge is 0.354 e. The molecule has 21 heavy (non-hydrogen) atoms. The van der Waals surface area contributed by atoms with Crippen molar-refractivity contribution >= 4 is 17.3 Å². The number of hydrogen-bond acceptors (Lipinski definition) is 4.